The van der Waals surface area contributed by atoms with Gasteiger partial charge in [-0.3, -0.25) is 4.79 Å². The van der Waals surface area contributed by atoms with Gasteiger partial charge >= 0.3 is 0 Å². The third kappa shape index (κ3) is 2.99. The smallest absolute Gasteiger partial charge is 0.201 e. The second-order valence-corrected chi connectivity index (χ2v) is 4.03. The first-order chi connectivity index (χ1) is 9.10. The zero-order chi connectivity index (χ0) is 13.8. The van der Waals surface area contributed by atoms with Gasteiger partial charge in [-0.15, -0.1) is 0 Å². The summed E-state index contributed by atoms with van der Waals surface area (Å²) in [4.78, 5) is 11.8. The molecule has 0 bridgehead atoms. The van der Waals surface area contributed by atoms with Crippen LogP contribution in [-0.4, -0.2) is 17.0 Å². The van der Waals surface area contributed by atoms with Gasteiger partial charge < -0.3 is 9.30 Å². The quantitative estimate of drug-likeness (QED) is 0.791. The Labute approximate surface area is 109 Å². The molecule has 4 nitrogen and oxygen atoms in total. The zero-order valence-corrected chi connectivity index (χ0v) is 10.3. The predicted octanol–water partition coefficient (Wildman–Crippen LogP) is 2.30. The van der Waals surface area contributed by atoms with Crippen molar-refractivity contribution in [3.8, 4) is 11.8 Å². The Morgan fingerprint density at radius 3 is 2.84 bits per heavy atom. The van der Waals surface area contributed by atoms with E-state index in [1.165, 1.54) is 12.1 Å². The number of hydrogen-bond donors (Lipinski definition) is 0. The Balaban J connectivity index is 2.03. The number of aryl methyl sites for hydroxylation is 1. The standard InChI is InChI=1S/C14H11FN2O2/c1-17-5-4-11(8-17)13(18)9-19-14-3-2-10(7-16)6-12(14)15/h2-6,8H,9H2,1H3. The van der Waals surface area contributed by atoms with Crippen LogP contribution < -0.4 is 4.74 Å². The van der Waals surface area contributed by atoms with Crippen LogP contribution in [0.15, 0.2) is 36.7 Å². The lowest BCUT2D eigenvalue weighted by molar-refractivity contribution is 0.0919. The van der Waals surface area contributed by atoms with Crippen molar-refractivity contribution in [1.29, 1.82) is 5.26 Å². The molecule has 0 aliphatic carbocycles. The molecule has 0 spiro atoms. The van der Waals surface area contributed by atoms with Crippen molar-refractivity contribution in [2.45, 2.75) is 0 Å². The number of nitriles is 1. The summed E-state index contributed by atoms with van der Waals surface area (Å²) in [5.74, 6) is -0.924. The van der Waals surface area contributed by atoms with Gasteiger partial charge in [-0.05, 0) is 24.3 Å². The number of ketones is 1. The van der Waals surface area contributed by atoms with Crippen molar-refractivity contribution >= 4 is 5.78 Å². The maximum atomic E-state index is 13.5. The van der Waals surface area contributed by atoms with Gasteiger partial charge in [0.2, 0.25) is 5.78 Å². The summed E-state index contributed by atoms with van der Waals surface area (Å²) in [5.41, 5.74) is 0.718. The fourth-order valence-corrected chi connectivity index (χ4v) is 1.58. The first-order valence-electron chi connectivity index (χ1n) is 5.58. The largest absolute Gasteiger partial charge is 0.482 e. The molecule has 0 saturated heterocycles. The van der Waals surface area contributed by atoms with Crippen LogP contribution in [0.5, 0.6) is 5.75 Å². The molecule has 5 heteroatoms. The Hall–Kier alpha value is -2.61. The van der Waals surface area contributed by atoms with Crippen molar-refractivity contribution in [1.82, 2.24) is 4.57 Å². The minimum Gasteiger partial charge on any atom is -0.482 e. The number of rotatable bonds is 4. The van der Waals surface area contributed by atoms with E-state index < -0.39 is 5.82 Å². The van der Waals surface area contributed by atoms with Crippen molar-refractivity contribution < 1.29 is 13.9 Å². The van der Waals surface area contributed by atoms with E-state index in [4.69, 9.17) is 10.00 Å². The average molecular weight is 258 g/mol. The maximum Gasteiger partial charge on any atom is 0.201 e. The number of ether oxygens (including phenoxy) is 1. The second-order valence-electron chi connectivity index (χ2n) is 4.03. The van der Waals surface area contributed by atoms with Crippen molar-refractivity contribution in [3.05, 3.63) is 53.6 Å². The van der Waals surface area contributed by atoms with E-state index >= 15 is 0 Å². The van der Waals surface area contributed by atoms with Crippen LogP contribution in [0.3, 0.4) is 0 Å². The Morgan fingerprint density at radius 1 is 1.47 bits per heavy atom. The Bertz CT molecular complexity index is 656. The van der Waals surface area contributed by atoms with Crippen molar-refractivity contribution in [2.75, 3.05) is 6.61 Å². The highest BCUT2D eigenvalue weighted by Crippen LogP contribution is 2.18. The third-order valence-corrected chi connectivity index (χ3v) is 2.57. The molecule has 2 aromatic rings. The van der Waals surface area contributed by atoms with Crippen LogP contribution in [0.4, 0.5) is 4.39 Å². The molecule has 0 aliphatic rings. The predicted molar refractivity (Wildman–Crippen MR) is 66.4 cm³/mol. The summed E-state index contributed by atoms with van der Waals surface area (Å²) < 4.78 is 20.4. The molecule has 0 saturated carbocycles. The summed E-state index contributed by atoms with van der Waals surface area (Å²) in [6, 6.07) is 7.34. The normalized spacial score (nSPS) is 9.95. The summed E-state index contributed by atoms with van der Waals surface area (Å²) in [5, 5.41) is 8.61. The van der Waals surface area contributed by atoms with Crippen LogP contribution in [0.25, 0.3) is 0 Å². The molecular formula is C14H11FN2O2. The summed E-state index contributed by atoms with van der Waals surface area (Å²) in [6.45, 7) is -0.243. The van der Waals surface area contributed by atoms with Crippen LogP contribution in [0, 0.1) is 17.1 Å². The summed E-state index contributed by atoms with van der Waals surface area (Å²) in [7, 11) is 1.80. The first-order valence-corrected chi connectivity index (χ1v) is 5.58. The summed E-state index contributed by atoms with van der Waals surface area (Å²) in [6.07, 6.45) is 3.41. The van der Waals surface area contributed by atoms with Crippen LogP contribution in [0.1, 0.15) is 15.9 Å². The number of Topliss-reactive ketones (excluding diaryl/α,β-unsaturated/α-hetero) is 1. The van der Waals surface area contributed by atoms with E-state index in [1.807, 2.05) is 6.07 Å². The molecule has 1 aromatic carbocycles. The van der Waals surface area contributed by atoms with Crippen LogP contribution in [0.2, 0.25) is 0 Å². The van der Waals surface area contributed by atoms with E-state index in [1.54, 1.807) is 30.1 Å². The number of benzene rings is 1. The monoisotopic (exact) mass is 258 g/mol. The van der Waals surface area contributed by atoms with Gasteiger partial charge in [0.1, 0.15) is 0 Å². The van der Waals surface area contributed by atoms with Crippen LogP contribution >= 0.6 is 0 Å². The topological polar surface area (TPSA) is 55.0 Å². The minimum atomic E-state index is -0.653. The van der Waals surface area contributed by atoms with Gasteiger partial charge in [-0.1, -0.05) is 0 Å². The molecule has 0 N–H and O–H groups in total. The fourth-order valence-electron chi connectivity index (χ4n) is 1.58. The SMILES string of the molecule is Cn1ccc(C(=O)COc2ccc(C#N)cc2F)c1. The molecule has 1 heterocycles. The highest BCUT2D eigenvalue weighted by atomic mass is 19.1. The van der Waals surface area contributed by atoms with Crippen LogP contribution in [-0.2, 0) is 7.05 Å². The molecule has 0 aliphatic heterocycles. The number of carbonyl (C=O) groups excluding carboxylic acids is 1. The second kappa shape index (κ2) is 5.36. The fraction of sp³-hybridized carbons (Fsp3) is 0.143. The molecule has 2 rings (SSSR count). The molecule has 19 heavy (non-hydrogen) atoms. The lowest BCUT2D eigenvalue weighted by Gasteiger charge is -2.05. The molecule has 0 amide bonds. The number of hydrogen-bond acceptors (Lipinski definition) is 3. The Morgan fingerprint density at radius 2 is 2.26 bits per heavy atom. The van der Waals surface area contributed by atoms with Gasteiger partial charge in [-0.2, -0.15) is 5.26 Å². The highest BCUT2D eigenvalue weighted by molar-refractivity contribution is 5.97. The van der Waals surface area contributed by atoms with Crippen molar-refractivity contribution in [2.24, 2.45) is 7.05 Å². The first kappa shape index (κ1) is 12.8. The third-order valence-electron chi connectivity index (χ3n) is 2.57. The number of aromatic nitrogens is 1. The van der Waals surface area contributed by atoms with E-state index in [0.29, 0.717) is 5.56 Å². The van der Waals surface area contributed by atoms with E-state index in [-0.39, 0.29) is 23.7 Å². The molecule has 0 atom stereocenters. The molecule has 0 fully saturated rings. The maximum absolute atomic E-state index is 13.5. The van der Waals surface area contributed by atoms with Gasteiger partial charge in [-0.25, -0.2) is 4.39 Å². The van der Waals surface area contributed by atoms with E-state index in [9.17, 15) is 9.18 Å². The van der Waals surface area contributed by atoms with Gasteiger partial charge in [0.15, 0.2) is 18.2 Å². The molecule has 0 unspecified atom stereocenters. The van der Waals surface area contributed by atoms with Crippen molar-refractivity contribution in [3.63, 3.8) is 0 Å². The number of halogens is 1. The van der Waals surface area contributed by atoms with Gasteiger partial charge in [0.25, 0.3) is 0 Å². The lowest BCUT2D eigenvalue weighted by Crippen LogP contribution is -2.11. The zero-order valence-electron chi connectivity index (χ0n) is 10.3. The highest BCUT2D eigenvalue weighted by Gasteiger charge is 2.10. The minimum absolute atomic E-state index is 0.0386. The molecular weight excluding hydrogens is 247 g/mol. The Kier molecular flexibility index (Phi) is 3.62. The summed E-state index contributed by atoms with van der Waals surface area (Å²) >= 11 is 0. The molecule has 0 radical (unpaired) electrons. The molecule has 96 valence electrons. The number of nitrogens with zero attached hydrogens (tertiary/aromatic N) is 2. The molecule has 1 aromatic heterocycles. The number of carbonyl (C=O) groups is 1. The average Bonchev–Trinajstić information content (AvgIpc) is 2.83. The lowest BCUT2D eigenvalue weighted by atomic mass is 10.2. The van der Waals surface area contributed by atoms with E-state index in [0.717, 1.165) is 6.07 Å². The van der Waals surface area contributed by atoms with Gasteiger partial charge in [0.05, 0.1) is 11.6 Å². The van der Waals surface area contributed by atoms with E-state index in [2.05, 4.69) is 0 Å². The van der Waals surface area contributed by atoms with Gasteiger partial charge in [0, 0.05) is 25.0 Å².